The van der Waals surface area contributed by atoms with Crippen LogP contribution in [0.2, 0.25) is 0 Å². The van der Waals surface area contributed by atoms with Crippen molar-refractivity contribution in [1.29, 1.82) is 0 Å². The van der Waals surface area contributed by atoms with Crippen LogP contribution in [0.4, 0.5) is 0 Å². The molecule has 0 rings (SSSR count). The van der Waals surface area contributed by atoms with Crippen LogP contribution in [0.25, 0.3) is 0 Å². The first-order chi connectivity index (χ1) is 8.37. The van der Waals surface area contributed by atoms with Crippen LogP contribution in [0.3, 0.4) is 0 Å². The van der Waals surface area contributed by atoms with Crippen LogP contribution in [0.15, 0.2) is 0 Å². The third kappa shape index (κ3) is 10.0. The van der Waals surface area contributed by atoms with Crippen LogP contribution in [-0.2, 0) is 19.1 Å². The minimum Gasteiger partial charge on any atom is -0.481 e. The highest BCUT2D eigenvalue weighted by atomic mass is 16.5. The molecular formula is C12H23NO5. The summed E-state index contributed by atoms with van der Waals surface area (Å²) in [7, 11) is 1.59. The topological polar surface area (TPSA) is 84.9 Å². The molecule has 0 aliphatic carbocycles. The zero-order chi connectivity index (χ0) is 14.0. The summed E-state index contributed by atoms with van der Waals surface area (Å²) in [5, 5.41) is 11.4. The van der Waals surface area contributed by atoms with Crippen LogP contribution in [-0.4, -0.2) is 50.5 Å². The fraction of sp³-hybridized carbons (Fsp3) is 0.833. The van der Waals surface area contributed by atoms with Crippen molar-refractivity contribution in [1.82, 2.24) is 5.32 Å². The fourth-order valence-corrected chi connectivity index (χ4v) is 1.48. The Morgan fingerprint density at radius 1 is 1.17 bits per heavy atom. The van der Waals surface area contributed by atoms with Crippen LogP contribution in [0.1, 0.15) is 26.7 Å². The number of amides is 1. The lowest BCUT2D eigenvalue weighted by molar-refractivity contribution is -0.139. The number of rotatable bonds is 10. The predicted octanol–water partition coefficient (Wildman–Crippen LogP) is 0.657. The summed E-state index contributed by atoms with van der Waals surface area (Å²) in [6.07, 6.45) is 0.169. The van der Waals surface area contributed by atoms with E-state index in [0.717, 1.165) is 0 Å². The standard InChI is InChI=1S/C12H23NO5/c1-12(2,9-11(15)16)8-10(14)13-4-5-18-7-6-17-3/h4-9H2,1-3H3,(H,13,14)(H,15,16). The lowest BCUT2D eigenvalue weighted by atomic mass is 9.85. The van der Waals surface area contributed by atoms with E-state index < -0.39 is 11.4 Å². The minimum atomic E-state index is -0.893. The molecule has 0 heterocycles. The van der Waals surface area contributed by atoms with E-state index in [1.165, 1.54) is 0 Å². The van der Waals surface area contributed by atoms with Gasteiger partial charge in [-0.3, -0.25) is 9.59 Å². The van der Waals surface area contributed by atoms with Crippen molar-refractivity contribution >= 4 is 11.9 Å². The quantitative estimate of drug-likeness (QED) is 0.564. The van der Waals surface area contributed by atoms with Crippen molar-refractivity contribution < 1.29 is 24.2 Å². The SMILES string of the molecule is COCCOCCNC(=O)CC(C)(C)CC(=O)O. The second-order valence-electron chi connectivity index (χ2n) is 4.87. The number of ether oxygens (including phenoxy) is 2. The van der Waals surface area contributed by atoms with Gasteiger partial charge in [-0.15, -0.1) is 0 Å². The van der Waals surface area contributed by atoms with E-state index >= 15 is 0 Å². The molecule has 0 atom stereocenters. The van der Waals surface area contributed by atoms with Gasteiger partial charge in [0.2, 0.25) is 5.91 Å². The number of methoxy groups -OCH3 is 1. The largest absolute Gasteiger partial charge is 0.481 e. The van der Waals surface area contributed by atoms with Gasteiger partial charge in [-0.2, -0.15) is 0 Å². The molecular weight excluding hydrogens is 238 g/mol. The second kappa shape index (κ2) is 8.88. The minimum absolute atomic E-state index is 0.0231. The Morgan fingerprint density at radius 2 is 1.83 bits per heavy atom. The van der Waals surface area contributed by atoms with E-state index in [4.69, 9.17) is 14.6 Å². The molecule has 0 aliphatic rings. The number of carbonyl (C=O) groups excluding carboxylic acids is 1. The molecule has 106 valence electrons. The van der Waals surface area contributed by atoms with E-state index in [2.05, 4.69) is 5.32 Å². The molecule has 1 amide bonds. The highest BCUT2D eigenvalue weighted by Gasteiger charge is 2.24. The molecule has 6 heteroatoms. The van der Waals surface area contributed by atoms with Gasteiger partial charge in [0.25, 0.3) is 0 Å². The second-order valence-corrected chi connectivity index (χ2v) is 4.87. The summed E-state index contributed by atoms with van der Waals surface area (Å²) in [5.41, 5.74) is -0.535. The lowest BCUT2D eigenvalue weighted by Gasteiger charge is -2.21. The van der Waals surface area contributed by atoms with Crippen molar-refractivity contribution in [3.05, 3.63) is 0 Å². The Kier molecular flexibility index (Phi) is 8.32. The summed E-state index contributed by atoms with van der Waals surface area (Å²) in [5.74, 6) is -1.05. The number of hydrogen-bond acceptors (Lipinski definition) is 4. The van der Waals surface area contributed by atoms with Gasteiger partial charge in [-0.05, 0) is 5.41 Å². The Balaban J connectivity index is 3.67. The molecule has 0 fully saturated rings. The van der Waals surface area contributed by atoms with Crippen LogP contribution < -0.4 is 5.32 Å². The van der Waals surface area contributed by atoms with Gasteiger partial charge in [-0.1, -0.05) is 13.8 Å². The highest BCUT2D eigenvalue weighted by molar-refractivity contribution is 5.77. The molecule has 0 aliphatic heterocycles. The first-order valence-corrected chi connectivity index (χ1v) is 5.92. The molecule has 0 saturated carbocycles. The maximum absolute atomic E-state index is 11.5. The molecule has 0 bridgehead atoms. The van der Waals surface area contributed by atoms with E-state index in [1.807, 2.05) is 0 Å². The van der Waals surface area contributed by atoms with Gasteiger partial charge in [0.15, 0.2) is 0 Å². The van der Waals surface area contributed by atoms with Crippen molar-refractivity contribution in [2.75, 3.05) is 33.5 Å². The zero-order valence-corrected chi connectivity index (χ0v) is 11.3. The normalized spacial score (nSPS) is 11.3. The van der Waals surface area contributed by atoms with Gasteiger partial charge in [0.05, 0.1) is 26.2 Å². The predicted molar refractivity (Wildman–Crippen MR) is 66.4 cm³/mol. The number of nitrogens with one attached hydrogen (secondary N) is 1. The van der Waals surface area contributed by atoms with Crippen LogP contribution in [0.5, 0.6) is 0 Å². The van der Waals surface area contributed by atoms with E-state index in [1.54, 1.807) is 21.0 Å². The smallest absolute Gasteiger partial charge is 0.303 e. The van der Waals surface area contributed by atoms with E-state index in [0.29, 0.717) is 26.4 Å². The van der Waals surface area contributed by atoms with E-state index in [-0.39, 0.29) is 18.7 Å². The Morgan fingerprint density at radius 3 is 2.39 bits per heavy atom. The Bertz CT molecular complexity index is 265. The van der Waals surface area contributed by atoms with Crippen molar-refractivity contribution in [3.8, 4) is 0 Å². The molecule has 0 saturated heterocycles. The molecule has 0 spiro atoms. The monoisotopic (exact) mass is 261 g/mol. The molecule has 0 aromatic rings. The van der Waals surface area contributed by atoms with Gasteiger partial charge in [-0.25, -0.2) is 0 Å². The van der Waals surface area contributed by atoms with Crippen molar-refractivity contribution in [3.63, 3.8) is 0 Å². The maximum atomic E-state index is 11.5. The number of carboxylic acids is 1. The first kappa shape index (κ1) is 16.9. The molecule has 18 heavy (non-hydrogen) atoms. The third-order valence-electron chi connectivity index (χ3n) is 2.27. The van der Waals surface area contributed by atoms with Gasteiger partial charge in [0.1, 0.15) is 0 Å². The number of aliphatic carboxylic acids is 1. The van der Waals surface area contributed by atoms with Crippen LogP contribution >= 0.6 is 0 Å². The molecule has 2 N–H and O–H groups in total. The van der Waals surface area contributed by atoms with Crippen molar-refractivity contribution in [2.45, 2.75) is 26.7 Å². The number of carbonyl (C=O) groups is 2. The fourth-order valence-electron chi connectivity index (χ4n) is 1.48. The molecule has 0 aromatic carbocycles. The van der Waals surface area contributed by atoms with Gasteiger partial charge < -0.3 is 19.9 Å². The highest BCUT2D eigenvalue weighted by Crippen LogP contribution is 2.24. The van der Waals surface area contributed by atoms with E-state index in [9.17, 15) is 9.59 Å². The zero-order valence-electron chi connectivity index (χ0n) is 11.3. The maximum Gasteiger partial charge on any atom is 0.303 e. The van der Waals surface area contributed by atoms with Gasteiger partial charge in [0, 0.05) is 20.1 Å². The van der Waals surface area contributed by atoms with Crippen LogP contribution in [0, 0.1) is 5.41 Å². The van der Waals surface area contributed by atoms with Gasteiger partial charge >= 0.3 is 5.97 Å². The molecule has 0 radical (unpaired) electrons. The van der Waals surface area contributed by atoms with Crippen molar-refractivity contribution in [2.24, 2.45) is 5.41 Å². The number of hydrogen-bond donors (Lipinski definition) is 2. The summed E-state index contributed by atoms with van der Waals surface area (Å²) in [6.45, 7) is 5.39. The summed E-state index contributed by atoms with van der Waals surface area (Å²) in [6, 6.07) is 0. The molecule has 6 nitrogen and oxygen atoms in total. The Labute approximate surface area is 108 Å². The lowest BCUT2D eigenvalue weighted by Crippen LogP contribution is -2.32. The average molecular weight is 261 g/mol. The summed E-state index contributed by atoms with van der Waals surface area (Å²) < 4.78 is 9.99. The molecule has 0 aromatic heterocycles. The summed E-state index contributed by atoms with van der Waals surface area (Å²) in [4.78, 5) is 22.1. The summed E-state index contributed by atoms with van der Waals surface area (Å²) >= 11 is 0. The molecule has 0 unspecified atom stereocenters. The number of carboxylic acid groups (broad SMARTS) is 1. The average Bonchev–Trinajstić information content (AvgIpc) is 2.20. The first-order valence-electron chi connectivity index (χ1n) is 5.92. The third-order valence-corrected chi connectivity index (χ3v) is 2.27. The Hall–Kier alpha value is -1.14.